The van der Waals surface area contributed by atoms with Gasteiger partial charge in [-0.05, 0) is 35.9 Å². The molecule has 2 N–H and O–H groups in total. The largest absolute Gasteiger partial charge is 0.416 e. The van der Waals surface area contributed by atoms with Crippen LogP contribution in [0, 0.1) is 0 Å². The molecular weight excluding hydrogens is 347 g/mol. The highest BCUT2D eigenvalue weighted by molar-refractivity contribution is 9.10. The molecule has 112 valence electrons. The predicted octanol–water partition coefficient (Wildman–Crippen LogP) is 4.61. The number of halogens is 4. The van der Waals surface area contributed by atoms with Crippen LogP contribution in [0.25, 0.3) is 0 Å². The maximum Gasteiger partial charge on any atom is 0.416 e. The molecule has 0 amide bonds. The van der Waals surface area contributed by atoms with E-state index in [9.17, 15) is 18.3 Å². The number of alkyl halides is 3. The first-order valence-electron chi connectivity index (χ1n) is 6.21. The maximum atomic E-state index is 12.6. The van der Waals surface area contributed by atoms with Gasteiger partial charge in [0.05, 0.1) is 11.7 Å². The Morgan fingerprint density at radius 2 is 1.81 bits per heavy atom. The fourth-order valence-corrected chi connectivity index (χ4v) is 2.25. The number of aliphatic hydroxyl groups is 1. The van der Waals surface area contributed by atoms with Crippen LogP contribution in [0.15, 0.2) is 53.0 Å². The van der Waals surface area contributed by atoms with Crippen molar-refractivity contribution < 1.29 is 18.3 Å². The molecule has 2 rings (SSSR count). The molecule has 21 heavy (non-hydrogen) atoms. The van der Waals surface area contributed by atoms with Crippen LogP contribution >= 0.6 is 15.9 Å². The van der Waals surface area contributed by atoms with Crippen LogP contribution in [0.3, 0.4) is 0 Å². The van der Waals surface area contributed by atoms with Crippen LogP contribution in [-0.2, 0) is 6.18 Å². The van der Waals surface area contributed by atoms with Crippen LogP contribution in [0.1, 0.15) is 17.2 Å². The van der Waals surface area contributed by atoms with Crippen molar-refractivity contribution in [3.8, 4) is 0 Å². The summed E-state index contributed by atoms with van der Waals surface area (Å²) >= 11 is 3.32. The summed E-state index contributed by atoms with van der Waals surface area (Å²) in [6.45, 7) is 0.123. The highest BCUT2D eigenvalue weighted by Crippen LogP contribution is 2.30. The Labute approximate surface area is 128 Å². The highest BCUT2D eigenvalue weighted by atomic mass is 79.9. The molecule has 0 aliphatic carbocycles. The fraction of sp³-hybridized carbons (Fsp3) is 0.200. The first kappa shape index (κ1) is 15.9. The van der Waals surface area contributed by atoms with E-state index in [1.807, 2.05) is 24.3 Å². The molecular formula is C15H13BrF3NO. The number of hydrogen-bond donors (Lipinski definition) is 2. The summed E-state index contributed by atoms with van der Waals surface area (Å²) in [4.78, 5) is 0. The van der Waals surface area contributed by atoms with Gasteiger partial charge < -0.3 is 10.4 Å². The normalized spacial score (nSPS) is 13.0. The molecule has 1 unspecified atom stereocenters. The lowest BCUT2D eigenvalue weighted by Crippen LogP contribution is -2.13. The number of aliphatic hydroxyl groups excluding tert-OH is 1. The van der Waals surface area contributed by atoms with Crippen molar-refractivity contribution in [3.05, 3.63) is 64.1 Å². The molecule has 2 aromatic carbocycles. The van der Waals surface area contributed by atoms with Gasteiger partial charge >= 0.3 is 6.18 Å². The Bertz CT molecular complexity index is 616. The van der Waals surface area contributed by atoms with Crippen molar-refractivity contribution in [3.63, 3.8) is 0 Å². The Morgan fingerprint density at radius 1 is 1.10 bits per heavy atom. The summed E-state index contributed by atoms with van der Waals surface area (Å²) in [7, 11) is 0. The maximum absolute atomic E-state index is 12.6. The van der Waals surface area contributed by atoms with Crippen LogP contribution in [0.5, 0.6) is 0 Å². The van der Waals surface area contributed by atoms with E-state index < -0.39 is 17.8 Å². The molecule has 0 saturated heterocycles. The summed E-state index contributed by atoms with van der Waals surface area (Å²) < 4.78 is 38.7. The molecule has 0 aliphatic rings. The van der Waals surface area contributed by atoms with Crippen molar-refractivity contribution in [2.24, 2.45) is 0 Å². The minimum Gasteiger partial charge on any atom is -0.387 e. The standard InChI is InChI=1S/C15H13BrF3NO/c16-12-5-2-6-13(8-12)20-9-14(21)10-3-1-4-11(7-10)15(17,18)19/h1-8,14,20-21H,9H2. The average molecular weight is 360 g/mol. The summed E-state index contributed by atoms with van der Waals surface area (Å²) in [5.74, 6) is 0. The van der Waals surface area contributed by atoms with Gasteiger partial charge in [-0.1, -0.05) is 34.1 Å². The third-order valence-corrected chi connectivity index (χ3v) is 3.42. The lowest BCUT2D eigenvalue weighted by molar-refractivity contribution is -0.137. The van der Waals surface area contributed by atoms with Crippen LogP contribution in [0.4, 0.5) is 18.9 Å². The number of rotatable bonds is 4. The molecule has 0 heterocycles. The van der Waals surface area contributed by atoms with Crippen molar-refractivity contribution in [1.29, 1.82) is 0 Å². The first-order valence-corrected chi connectivity index (χ1v) is 7.00. The fourth-order valence-electron chi connectivity index (χ4n) is 1.85. The summed E-state index contributed by atoms with van der Waals surface area (Å²) in [5, 5.41) is 13.0. The smallest absolute Gasteiger partial charge is 0.387 e. The summed E-state index contributed by atoms with van der Waals surface area (Å²) in [6, 6.07) is 12.0. The summed E-state index contributed by atoms with van der Waals surface area (Å²) in [5.41, 5.74) is 0.240. The van der Waals surface area contributed by atoms with Crippen molar-refractivity contribution >= 4 is 21.6 Å². The SMILES string of the molecule is OC(CNc1cccc(Br)c1)c1cccc(C(F)(F)F)c1. The Morgan fingerprint density at radius 3 is 2.48 bits per heavy atom. The topological polar surface area (TPSA) is 32.3 Å². The molecule has 6 heteroatoms. The van der Waals surface area contributed by atoms with E-state index in [2.05, 4.69) is 21.2 Å². The van der Waals surface area contributed by atoms with E-state index in [4.69, 9.17) is 0 Å². The van der Waals surface area contributed by atoms with Crippen molar-refractivity contribution in [2.45, 2.75) is 12.3 Å². The molecule has 1 atom stereocenters. The Hall–Kier alpha value is -1.53. The second kappa shape index (κ2) is 6.49. The number of benzene rings is 2. The number of anilines is 1. The number of hydrogen-bond acceptors (Lipinski definition) is 2. The van der Waals surface area contributed by atoms with Crippen LogP contribution in [0.2, 0.25) is 0 Å². The van der Waals surface area contributed by atoms with E-state index in [0.717, 1.165) is 22.3 Å². The number of nitrogens with one attached hydrogen (secondary N) is 1. The third kappa shape index (κ3) is 4.47. The second-order valence-corrected chi connectivity index (χ2v) is 5.45. The van der Waals surface area contributed by atoms with Gasteiger partial charge in [-0.2, -0.15) is 13.2 Å². The molecule has 0 fully saturated rings. The second-order valence-electron chi connectivity index (χ2n) is 4.53. The van der Waals surface area contributed by atoms with Gasteiger partial charge in [0.15, 0.2) is 0 Å². The quantitative estimate of drug-likeness (QED) is 0.835. The van der Waals surface area contributed by atoms with Crippen molar-refractivity contribution in [2.75, 3.05) is 11.9 Å². The van der Waals surface area contributed by atoms with E-state index in [-0.39, 0.29) is 12.1 Å². The van der Waals surface area contributed by atoms with Gasteiger partial charge in [-0.3, -0.25) is 0 Å². The van der Waals surface area contributed by atoms with Gasteiger partial charge in [-0.25, -0.2) is 0 Å². The van der Waals surface area contributed by atoms with E-state index in [1.54, 1.807) is 0 Å². The molecule has 0 radical (unpaired) electrons. The predicted molar refractivity (Wildman–Crippen MR) is 79.0 cm³/mol. The highest BCUT2D eigenvalue weighted by Gasteiger charge is 2.30. The zero-order valence-electron chi connectivity index (χ0n) is 10.9. The van der Waals surface area contributed by atoms with E-state index in [1.165, 1.54) is 12.1 Å². The van der Waals surface area contributed by atoms with Gasteiger partial charge in [0, 0.05) is 16.7 Å². The van der Waals surface area contributed by atoms with Gasteiger partial charge in [0.25, 0.3) is 0 Å². The lowest BCUT2D eigenvalue weighted by Gasteiger charge is -2.15. The minimum absolute atomic E-state index is 0.123. The van der Waals surface area contributed by atoms with Gasteiger partial charge in [0.1, 0.15) is 0 Å². The minimum atomic E-state index is -4.41. The van der Waals surface area contributed by atoms with E-state index in [0.29, 0.717) is 0 Å². The third-order valence-electron chi connectivity index (χ3n) is 2.92. The molecule has 0 saturated carbocycles. The molecule has 2 aromatic rings. The molecule has 0 aliphatic heterocycles. The Balaban J connectivity index is 2.05. The molecule has 0 spiro atoms. The van der Waals surface area contributed by atoms with Crippen molar-refractivity contribution in [1.82, 2.24) is 0 Å². The molecule has 0 bridgehead atoms. The van der Waals surface area contributed by atoms with Gasteiger partial charge in [0.2, 0.25) is 0 Å². The molecule has 2 nitrogen and oxygen atoms in total. The molecule has 0 aromatic heterocycles. The average Bonchev–Trinajstić information content (AvgIpc) is 2.44. The lowest BCUT2D eigenvalue weighted by atomic mass is 10.1. The zero-order chi connectivity index (χ0) is 15.5. The van der Waals surface area contributed by atoms with Gasteiger partial charge in [-0.15, -0.1) is 0 Å². The zero-order valence-corrected chi connectivity index (χ0v) is 12.4. The monoisotopic (exact) mass is 359 g/mol. The van der Waals surface area contributed by atoms with Crippen LogP contribution < -0.4 is 5.32 Å². The first-order chi connectivity index (χ1) is 9.86. The van der Waals surface area contributed by atoms with E-state index >= 15 is 0 Å². The Kier molecular flexibility index (Phi) is 4.90. The van der Waals surface area contributed by atoms with Crippen LogP contribution in [-0.4, -0.2) is 11.7 Å². The summed E-state index contributed by atoms with van der Waals surface area (Å²) in [6.07, 6.45) is -5.43.